The van der Waals surface area contributed by atoms with E-state index >= 15 is 0 Å². The summed E-state index contributed by atoms with van der Waals surface area (Å²) in [5, 5.41) is 6.25. The first-order valence-corrected chi connectivity index (χ1v) is 8.92. The van der Waals surface area contributed by atoms with Crippen LogP contribution in [0.1, 0.15) is 23.3 Å². The van der Waals surface area contributed by atoms with E-state index in [0.29, 0.717) is 5.69 Å². The molecule has 110 valence electrons. The summed E-state index contributed by atoms with van der Waals surface area (Å²) < 4.78 is 2.13. The molecule has 6 heteroatoms. The number of pyridine rings is 1. The van der Waals surface area contributed by atoms with Crippen LogP contribution < -0.4 is 5.32 Å². The van der Waals surface area contributed by atoms with Gasteiger partial charge in [-0.15, -0.1) is 11.3 Å². The number of aromatic nitrogens is 1. The van der Waals surface area contributed by atoms with E-state index in [0.717, 1.165) is 33.4 Å². The number of nitrogens with zero attached hydrogens (tertiary/aromatic N) is 2. The highest BCUT2D eigenvalue weighted by molar-refractivity contribution is 9.10. The molecular formula is C15H16BrN3OS. The molecule has 3 atom stereocenters. The Morgan fingerprint density at radius 1 is 1.48 bits per heavy atom. The van der Waals surface area contributed by atoms with Crippen molar-refractivity contribution in [1.29, 1.82) is 0 Å². The average Bonchev–Trinajstić information content (AvgIpc) is 3.02. The molecule has 21 heavy (non-hydrogen) atoms. The highest BCUT2D eigenvalue weighted by Crippen LogP contribution is 2.30. The monoisotopic (exact) mass is 365 g/mol. The summed E-state index contributed by atoms with van der Waals surface area (Å²) in [6.45, 7) is 3.37. The third kappa shape index (κ3) is 2.60. The molecule has 2 saturated heterocycles. The second kappa shape index (κ2) is 5.34. The molecule has 1 amide bonds. The lowest BCUT2D eigenvalue weighted by atomic mass is 9.97. The maximum Gasteiger partial charge on any atom is 0.270 e. The summed E-state index contributed by atoms with van der Waals surface area (Å²) in [5.41, 5.74) is 0.509. The molecule has 1 N–H and O–H groups in total. The Morgan fingerprint density at radius 2 is 2.38 bits per heavy atom. The second-order valence-corrected chi connectivity index (χ2v) is 7.74. The van der Waals surface area contributed by atoms with Crippen molar-refractivity contribution in [3.63, 3.8) is 0 Å². The SMILES string of the molecule is O=C(N[C@@H]1C[C@H]2CCN(C2)C1)c1cc2c(Br)csc2cn1. The van der Waals surface area contributed by atoms with Crippen molar-refractivity contribution in [2.24, 2.45) is 5.92 Å². The lowest BCUT2D eigenvalue weighted by Gasteiger charge is -2.30. The van der Waals surface area contributed by atoms with E-state index < -0.39 is 0 Å². The summed E-state index contributed by atoms with van der Waals surface area (Å²) in [5.74, 6) is 0.702. The molecule has 4 rings (SSSR count). The number of piperidine rings is 1. The molecule has 0 spiro atoms. The van der Waals surface area contributed by atoms with Crippen LogP contribution >= 0.6 is 27.3 Å². The van der Waals surface area contributed by atoms with Gasteiger partial charge in [-0.3, -0.25) is 4.79 Å². The Kier molecular flexibility index (Phi) is 3.47. The number of thiophene rings is 1. The maximum absolute atomic E-state index is 12.4. The summed E-state index contributed by atoms with van der Waals surface area (Å²) >= 11 is 5.15. The third-order valence-electron chi connectivity index (χ3n) is 4.45. The second-order valence-electron chi connectivity index (χ2n) is 5.97. The Balaban J connectivity index is 1.52. The van der Waals surface area contributed by atoms with Gasteiger partial charge in [-0.05, 0) is 47.3 Å². The summed E-state index contributed by atoms with van der Waals surface area (Å²) in [7, 11) is 0. The van der Waals surface area contributed by atoms with Crippen LogP contribution in [0.5, 0.6) is 0 Å². The highest BCUT2D eigenvalue weighted by atomic mass is 79.9. The molecule has 2 aromatic heterocycles. The predicted molar refractivity (Wildman–Crippen MR) is 87.7 cm³/mol. The fourth-order valence-corrected chi connectivity index (χ4v) is 4.96. The number of carbonyl (C=O) groups excluding carboxylic acids is 1. The van der Waals surface area contributed by atoms with Crippen LogP contribution in [-0.2, 0) is 0 Å². The Hall–Kier alpha value is -0.980. The molecule has 0 aliphatic carbocycles. The maximum atomic E-state index is 12.4. The number of rotatable bonds is 2. The highest BCUT2D eigenvalue weighted by Gasteiger charge is 2.33. The van der Waals surface area contributed by atoms with Crippen molar-refractivity contribution in [3.8, 4) is 0 Å². The van der Waals surface area contributed by atoms with Gasteiger partial charge in [0.05, 0.1) is 4.70 Å². The Morgan fingerprint density at radius 3 is 3.24 bits per heavy atom. The lowest BCUT2D eigenvalue weighted by molar-refractivity contribution is 0.0904. The molecule has 2 aliphatic heterocycles. The van der Waals surface area contributed by atoms with E-state index in [2.05, 4.69) is 31.1 Å². The van der Waals surface area contributed by atoms with Gasteiger partial charge in [-0.1, -0.05) is 0 Å². The van der Waals surface area contributed by atoms with Gasteiger partial charge in [0.25, 0.3) is 5.91 Å². The molecule has 4 nitrogen and oxygen atoms in total. The van der Waals surface area contributed by atoms with E-state index in [9.17, 15) is 4.79 Å². The van der Waals surface area contributed by atoms with Crippen LogP contribution in [0.15, 0.2) is 22.1 Å². The van der Waals surface area contributed by atoms with Crippen molar-refractivity contribution >= 4 is 43.3 Å². The van der Waals surface area contributed by atoms with Gasteiger partial charge < -0.3 is 10.2 Å². The van der Waals surface area contributed by atoms with Gasteiger partial charge >= 0.3 is 0 Å². The minimum Gasteiger partial charge on any atom is -0.347 e. The minimum atomic E-state index is -0.0532. The summed E-state index contributed by atoms with van der Waals surface area (Å²) in [6, 6.07) is 2.14. The molecule has 2 aliphatic rings. The van der Waals surface area contributed by atoms with Crippen molar-refractivity contribution in [2.75, 3.05) is 19.6 Å². The van der Waals surface area contributed by atoms with E-state index in [1.807, 2.05) is 11.4 Å². The van der Waals surface area contributed by atoms with Gasteiger partial charge in [-0.2, -0.15) is 0 Å². The predicted octanol–water partition coefficient (Wildman–Crippen LogP) is 2.88. The number of hydrogen-bond donors (Lipinski definition) is 1. The fraction of sp³-hybridized carbons (Fsp3) is 0.467. The quantitative estimate of drug-likeness (QED) is 0.889. The van der Waals surface area contributed by atoms with E-state index in [1.54, 1.807) is 17.5 Å². The summed E-state index contributed by atoms with van der Waals surface area (Å²) in [6.07, 6.45) is 4.17. The number of fused-ring (bicyclic) bond motifs is 3. The normalized spacial score (nSPS) is 28.0. The van der Waals surface area contributed by atoms with E-state index in [-0.39, 0.29) is 11.9 Å². The van der Waals surface area contributed by atoms with Crippen molar-refractivity contribution in [3.05, 3.63) is 27.8 Å². The van der Waals surface area contributed by atoms with E-state index in [1.165, 1.54) is 19.5 Å². The number of nitrogens with one attached hydrogen (secondary N) is 1. The number of carbonyl (C=O) groups is 1. The van der Waals surface area contributed by atoms with Gasteiger partial charge in [0.2, 0.25) is 0 Å². The average molecular weight is 366 g/mol. The molecule has 2 bridgehead atoms. The van der Waals surface area contributed by atoms with Gasteiger partial charge in [0.15, 0.2) is 0 Å². The van der Waals surface area contributed by atoms with Crippen LogP contribution in [0.2, 0.25) is 0 Å². The summed E-state index contributed by atoms with van der Waals surface area (Å²) in [4.78, 5) is 19.2. The fourth-order valence-electron chi connectivity index (χ4n) is 3.45. The van der Waals surface area contributed by atoms with Crippen LogP contribution in [-0.4, -0.2) is 41.5 Å². The molecule has 1 unspecified atom stereocenters. The largest absolute Gasteiger partial charge is 0.347 e. The molecule has 0 saturated carbocycles. The first-order chi connectivity index (χ1) is 10.2. The minimum absolute atomic E-state index is 0.0532. The third-order valence-corrected chi connectivity index (χ3v) is 6.34. The molecular weight excluding hydrogens is 350 g/mol. The van der Waals surface area contributed by atoms with Gasteiger partial charge in [0, 0.05) is 40.6 Å². The van der Waals surface area contributed by atoms with Crippen LogP contribution in [0, 0.1) is 5.92 Å². The van der Waals surface area contributed by atoms with E-state index in [4.69, 9.17) is 0 Å². The van der Waals surface area contributed by atoms with Crippen LogP contribution in [0.3, 0.4) is 0 Å². The molecule has 2 fully saturated rings. The van der Waals surface area contributed by atoms with Crippen molar-refractivity contribution in [2.45, 2.75) is 18.9 Å². The number of halogens is 1. The zero-order valence-corrected chi connectivity index (χ0v) is 13.9. The Bertz CT molecular complexity index is 689. The topological polar surface area (TPSA) is 45.2 Å². The van der Waals surface area contributed by atoms with Crippen LogP contribution in [0.4, 0.5) is 0 Å². The van der Waals surface area contributed by atoms with Crippen molar-refractivity contribution in [1.82, 2.24) is 15.2 Å². The smallest absolute Gasteiger partial charge is 0.270 e. The molecule has 0 radical (unpaired) electrons. The standard InChI is InChI=1S/C15H16BrN3OS/c16-12-8-21-14-5-17-13(4-11(12)14)15(20)18-10-3-9-1-2-19(6-9)7-10/h4-5,8-10H,1-3,6-7H2,(H,18,20)/t9-,10-/m1/s1. The number of amides is 1. The first-order valence-electron chi connectivity index (χ1n) is 7.25. The van der Waals surface area contributed by atoms with Crippen LogP contribution in [0.25, 0.3) is 10.1 Å². The molecule has 0 aromatic carbocycles. The van der Waals surface area contributed by atoms with Gasteiger partial charge in [0.1, 0.15) is 5.69 Å². The zero-order valence-electron chi connectivity index (χ0n) is 11.5. The first kappa shape index (κ1) is 13.7. The van der Waals surface area contributed by atoms with Gasteiger partial charge in [-0.25, -0.2) is 4.98 Å². The Labute approximate surface area is 135 Å². The zero-order chi connectivity index (χ0) is 14.4. The lowest BCUT2D eigenvalue weighted by Crippen LogP contribution is -2.47. The van der Waals surface area contributed by atoms with Crippen molar-refractivity contribution < 1.29 is 4.79 Å². The molecule has 4 heterocycles. The number of hydrogen-bond acceptors (Lipinski definition) is 4. The molecule has 2 aromatic rings.